The SMILES string of the molecule is c1coc(-c2cnc(CNC3CCCCC3)s2)c1. The molecule has 96 valence electrons. The van der Waals surface area contributed by atoms with E-state index in [-0.39, 0.29) is 0 Å². The minimum Gasteiger partial charge on any atom is -0.463 e. The molecule has 3 rings (SSSR count). The van der Waals surface area contributed by atoms with Gasteiger partial charge in [-0.3, -0.25) is 0 Å². The van der Waals surface area contributed by atoms with Gasteiger partial charge in [0.15, 0.2) is 0 Å². The van der Waals surface area contributed by atoms with Crippen LogP contribution in [0.4, 0.5) is 0 Å². The predicted molar refractivity (Wildman–Crippen MR) is 73.5 cm³/mol. The Kier molecular flexibility index (Phi) is 3.76. The predicted octanol–water partition coefficient (Wildman–Crippen LogP) is 3.83. The van der Waals surface area contributed by atoms with Crippen molar-refractivity contribution in [3.05, 3.63) is 29.6 Å². The van der Waals surface area contributed by atoms with E-state index in [2.05, 4.69) is 10.3 Å². The van der Waals surface area contributed by atoms with Crippen LogP contribution in [0.5, 0.6) is 0 Å². The molecule has 0 aliphatic heterocycles. The number of nitrogens with one attached hydrogen (secondary N) is 1. The highest BCUT2D eigenvalue weighted by Gasteiger charge is 2.13. The third kappa shape index (κ3) is 2.82. The zero-order valence-electron chi connectivity index (χ0n) is 10.4. The lowest BCUT2D eigenvalue weighted by Gasteiger charge is -2.22. The largest absolute Gasteiger partial charge is 0.463 e. The fraction of sp³-hybridized carbons (Fsp3) is 0.500. The fourth-order valence-electron chi connectivity index (χ4n) is 2.46. The molecule has 0 radical (unpaired) electrons. The topological polar surface area (TPSA) is 38.1 Å². The van der Waals surface area contributed by atoms with Crippen LogP contribution in [0.25, 0.3) is 10.6 Å². The molecule has 0 saturated heterocycles. The van der Waals surface area contributed by atoms with Crippen molar-refractivity contribution in [1.29, 1.82) is 0 Å². The highest BCUT2D eigenvalue weighted by atomic mass is 32.1. The molecule has 1 aliphatic rings. The second-order valence-electron chi connectivity index (χ2n) is 4.81. The van der Waals surface area contributed by atoms with Crippen molar-refractivity contribution in [3.8, 4) is 10.6 Å². The smallest absolute Gasteiger partial charge is 0.145 e. The van der Waals surface area contributed by atoms with Crippen LogP contribution in [0.3, 0.4) is 0 Å². The first kappa shape index (κ1) is 11.9. The molecule has 2 aromatic heterocycles. The lowest BCUT2D eigenvalue weighted by molar-refractivity contribution is 0.372. The van der Waals surface area contributed by atoms with Gasteiger partial charge >= 0.3 is 0 Å². The zero-order valence-corrected chi connectivity index (χ0v) is 11.2. The van der Waals surface area contributed by atoms with Gasteiger partial charge in [-0.2, -0.15) is 0 Å². The monoisotopic (exact) mass is 262 g/mol. The van der Waals surface area contributed by atoms with Crippen LogP contribution in [0.1, 0.15) is 37.1 Å². The van der Waals surface area contributed by atoms with E-state index in [0.29, 0.717) is 6.04 Å². The summed E-state index contributed by atoms with van der Waals surface area (Å²) in [6.45, 7) is 0.885. The first-order valence-electron chi connectivity index (χ1n) is 6.64. The Balaban J connectivity index is 1.57. The lowest BCUT2D eigenvalue weighted by Crippen LogP contribution is -2.30. The van der Waals surface area contributed by atoms with Gasteiger partial charge in [0, 0.05) is 18.8 Å². The van der Waals surface area contributed by atoms with Crippen molar-refractivity contribution in [2.75, 3.05) is 0 Å². The van der Waals surface area contributed by atoms with Gasteiger partial charge in [0.25, 0.3) is 0 Å². The molecule has 0 atom stereocenters. The van der Waals surface area contributed by atoms with Crippen LogP contribution in [0, 0.1) is 0 Å². The summed E-state index contributed by atoms with van der Waals surface area (Å²) in [5.74, 6) is 0.913. The van der Waals surface area contributed by atoms with Crippen LogP contribution < -0.4 is 5.32 Å². The minimum absolute atomic E-state index is 0.690. The Bertz CT molecular complexity index is 472. The molecule has 1 fully saturated rings. The molecular weight excluding hydrogens is 244 g/mol. The van der Waals surface area contributed by atoms with Crippen LogP contribution >= 0.6 is 11.3 Å². The molecule has 18 heavy (non-hydrogen) atoms. The van der Waals surface area contributed by atoms with Crippen molar-refractivity contribution < 1.29 is 4.42 Å². The average Bonchev–Trinajstić information content (AvgIpc) is 3.08. The van der Waals surface area contributed by atoms with E-state index in [1.165, 1.54) is 32.1 Å². The zero-order chi connectivity index (χ0) is 12.2. The van der Waals surface area contributed by atoms with E-state index in [0.717, 1.165) is 22.2 Å². The Morgan fingerprint density at radius 1 is 1.33 bits per heavy atom. The first-order chi connectivity index (χ1) is 8.92. The molecule has 4 heteroatoms. The molecule has 1 aliphatic carbocycles. The van der Waals surface area contributed by atoms with E-state index in [4.69, 9.17) is 4.42 Å². The van der Waals surface area contributed by atoms with Gasteiger partial charge in [0.1, 0.15) is 10.8 Å². The summed E-state index contributed by atoms with van der Waals surface area (Å²) in [7, 11) is 0. The normalized spacial score (nSPS) is 17.1. The van der Waals surface area contributed by atoms with Crippen LogP contribution in [0.15, 0.2) is 29.0 Å². The summed E-state index contributed by atoms with van der Waals surface area (Å²) in [6, 6.07) is 4.58. The summed E-state index contributed by atoms with van der Waals surface area (Å²) < 4.78 is 5.38. The molecule has 3 nitrogen and oxygen atoms in total. The van der Waals surface area contributed by atoms with Gasteiger partial charge in [0.2, 0.25) is 0 Å². The van der Waals surface area contributed by atoms with Crippen molar-refractivity contribution in [1.82, 2.24) is 10.3 Å². The van der Waals surface area contributed by atoms with E-state index in [9.17, 15) is 0 Å². The van der Waals surface area contributed by atoms with Crippen LogP contribution in [-0.4, -0.2) is 11.0 Å². The Morgan fingerprint density at radius 3 is 3.00 bits per heavy atom. The summed E-state index contributed by atoms with van der Waals surface area (Å²) in [5, 5.41) is 4.76. The number of nitrogens with zero attached hydrogens (tertiary/aromatic N) is 1. The minimum atomic E-state index is 0.690. The summed E-state index contributed by atoms with van der Waals surface area (Å²) in [4.78, 5) is 5.56. The van der Waals surface area contributed by atoms with Gasteiger partial charge in [-0.05, 0) is 25.0 Å². The lowest BCUT2D eigenvalue weighted by atomic mass is 9.96. The molecule has 0 amide bonds. The number of rotatable bonds is 4. The molecule has 0 bridgehead atoms. The summed E-state index contributed by atoms with van der Waals surface area (Å²) >= 11 is 1.71. The fourth-order valence-corrected chi connectivity index (χ4v) is 3.30. The molecule has 0 spiro atoms. The third-order valence-electron chi connectivity index (χ3n) is 3.46. The molecule has 1 saturated carbocycles. The van der Waals surface area contributed by atoms with Gasteiger partial charge in [0.05, 0.1) is 11.1 Å². The van der Waals surface area contributed by atoms with Gasteiger partial charge in [-0.25, -0.2) is 4.98 Å². The summed E-state index contributed by atoms with van der Waals surface area (Å²) in [6.07, 6.45) is 10.4. The number of thiazole rings is 1. The number of furan rings is 1. The quantitative estimate of drug-likeness (QED) is 0.910. The number of hydrogen-bond acceptors (Lipinski definition) is 4. The molecule has 0 unspecified atom stereocenters. The van der Waals surface area contributed by atoms with Crippen LogP contribution in [0.2, 0.25) is 0 Å². The maximum absolute atomic E-state index is 5.38. The standard InChI is InChI=1S/C14H18N2OS/c1-2-5-11(6-3-1)15-10-14-16-9-13(18-14)12-7-4-8-17-12/h4,7-9,11,15H,1-3,5-6,10H2. The van der Waals surface area contributed by atoms with Gasteiger partial charge < -0.3 is 9.73 Å². The second kappa shape index (κ2) is 5.67. The molecular formula is C14H18N2OS. The number of aromatic nitrogens is 1. The highest BCUT2D eigenvalue weighted by molar-refractivity contribution is 7.15. The van der Waals surface area contributed by atoms with E-state index in [1.807, 2.05) is 18.3 Å². The Labute approximate surface area is 111 Å². The van der Waals surface area contributed by atoms with Crippen molar-refractivity contribution in [2.45, 2.75) is 44.7 Å². The molecule has 0 aromatic carbocycles. The maximum atomic E-state index is 5.38. The van der Waals surface area contributed by atoms with Gasteiger partial charge in [-0.15, -0.1) is 11.3 Å². The maximum Gasteiger partial charge on any atom is 0.145 e. The van der Waals surface area contributed by atoms with Crippen molar-refractivity contribution in [2.24, 2.45) is 0 Å². The van der Waals surface area contributed by atoms with Gasteiger partial charge in [-0.1, -0.05) is 19.3 Å². The summed E-state index contributed by atoms with van der Waals surface area (Å²) in [5.41, 5.74) is 0. The average molecular weight is 262 g/mol. The Morgan fingerprint density at radius 2 is 2.22 bits per heavy atom. The third-order valence-corrected chi connectivity index (χ3v) is 4.48. The molecule has 1 N–H and O–H groups in total. The van der Waals surface area contributed by atoms with Crippen molar-refractivity contribution >= 4 is 11.3 Å². The number of hydrogen-bond donors (Lipinski definition) is 1. The second-order valence-corrected chi connectivity index (χ2v) is 5.93. The molecule has 2 heterocycles. The van der Waals surface area contributed by atoms with E-state index >= 15 is 0 Å². The highest BCUT2D eigenvalue weighted by Crippen LogP contribution is 2.26. The molecule has 2 aromatic rings. The Hall–Kier alpha value is -1.13. The van der Waals surface area contributed by atoms with Crippen molar-refractivity contribution in [3.63, 3.8) is 0 Å². The van der Waals surface area contributed by atoms with E-state index in [1.54, 1.807) is 17.6 Å². The first-order valence-corrected chi connectivity index (χ1v) is 7.45. The van der Waals surface area contributed by atoms with Crippen LogP contribution in [-0.2, 0) is 6.54 Å². The van der Waals surface area contributed by atoms with E-state index < -0.39 is 0 Å².